The first kappa shape index (κ1) is 21.7. The average Bonchev–Trinajstić information content (AvgIpc) is 3.50. The van der Waals surface area contributed by atoms with Crippen molar-refractivity contribution in [3.63, 3.8) is 0 Å². The summed E-state index contributed by atoms with van der Waals surface area (Å²) < 4.78 is 13.2. The summed E-state index contributed by atoms with van der Waals surface area (Å²) in [6.45, 7) is 2.15. The standard InChI is InChI=1S/C24H21FN4O2S2/c25-16-5-3-15(4-6-16)19-13-32-23-21(19)22(31)27-24(28-23)33-14-20(30)26-17-7-9-18(10-8-17)29-11-1-2-12-29/h3-10,13H,1-2,11-12,14H2,(H,26,30)(H,27,28,31). The molecule has 5 rings (SSSR count). The summed E-state index contributed by atoms with van der Waals surface area (Å²) in [6, 6.07) is 13.9. The van der Waals surface area contributed by atoms with Crippen molar-refractivity contribution in [1.29, 1.82) is 0 Å². The van der Waals surface area contributed by atoms with Crippen LogP contribution in [0.2, 0.25) is 0 Å². The van der Waals surface area contributed by atoms with E-state index in [1.807, 2.05) is 29.6 Å². The number of thiophene rings is 1. The van der Waals surface area contributed by atoms with E-state index in [2.05, 4.69) is 20.2 Å². The lowest BCUT2D eigenvalue weighted by Crippen LogP contribution is -2.18. The van der Waals surface area contributed by atoms with Gasteiger partial charge in [-0.2, -0.15) is 0 Å². The van der Waals surface area contributed by atoms with Crippen LogP contribution in [0.5, 0.6) is 0 Å². The molecule has 4 aromatic rings. The third-order valence-corrected chi connectivity index (χ3v) is 7.29. The number of benzene rings is 2. The highest BCUT2D eigenvalue weighted by atomic mass is 32.2. The Kier molecular flexibility index (Phi) is 6.15. The lowest BCUT2D eigenvalue weighted by molar-refractivity contribution is -0.113. The molecule has 6 nitrogen and oxygen atoms in total. The van der Waals surface area contributed by atoms with Crippen LogP contribution in [0.3, 0.4) is 0 Å². The van der Waals surface area contributed by atoms with Crippen molar-refractivity contribution in [2.24, 2.45) is 0 Å². The second-order valence-electron chi connectivity index (χ2n) is 7.79. The second kappa shape index (κ2) is 9.36. The zero-order chi connectivity index (χ0) is 22.8. The first-order chi connectivity index (χ1) is 16.1. The minimum atomic E-state index is -0.329. The van der Waals surface area contributed by atoms with Crippen molar-refractivity contribution >= 4 is 50.6 Å². The first-order valence-corrected chi connectivity index (χ1v) is 12.5. The minimum Gasteiger partial charge on any atom is -0.372 e. The van der Waals surface area contributed by atoms with Gasteiger partial charge in [-0.05, 0) is 54.8 Å². The third-order valence-electron chi connectivity index (χ3n) is 5.54. The third kappa shape index (κ3) is 4.79. The maximum atomic E-state index is 13.2. The van der Waals surface area contributed by atoms with Gasteiger partial charge >= 0.3 is 0 Å². The van der Waals surface area contributed by atoms with Crippen LogP contribution >= 0.6 is 23.1 Å². The first-order valence-electron chi connectivity index (χ1n) is 10.6. The number of halogens is 1. The summed E-state index contributed by atoms with van der Waals surface area (Å²) in [4.78, 5) is 35.3. The van der Waals surface area contributed by atoms with Gasteiger partial charge in [0.05, 0.1) is 11.1 Å². The van der Waals surface area contributed by atoms with Gasteiger partial charge in [0, 0.05) is 35.4 Å². The number of hydrogen-bond acceptors (Lipinski definition) is 6. The molecular formula is C24H21FN4O2S2. The number of thioether (sulfide) groups is 1. The van der Waals surface area contributed by atoms with Gasteiger partial charge in [-0.3, -0.25) is 9.59 Å². The topological polar surface area (TPSA) is 78.1 Å². The van der Waals surface area contributed by atoms with Gasteiger partial charge in [0.1, 0.15) is 10.6 Å². The molecule has 1 fully saturated rings. The zero-order valence-electron chi connectivity index (χ0n) is 17.6. The Morgan fingerprint density at radius 1 is 1.12 bits per heavy atom. The number of nitrogens with one attached hydrogen (secondary N) is 2. The molecule has 0 aliphatic carbocycles. The van der Waals surface area contributed by atoms with Crippen LogP contribution in [0.15, 0.2) is 63.9 Å². The van der Waals surface area contributed by atoms with Gasteiger partial charge in [-0.25, -0.2) is 9.37 Å². The van der Waals surface area contributed by atoms with Crippen molar-refractivity contribution in [1.82, 2.24) is 9.97 Å². The molecule has 168 valence electrons. The molecule has 2 aromatic carbocycles. The number of carbonyl (C=O) groups excluding carboxylic acids is 1. The van der Waals surface area contributed by atoms with E-state index in [9.17, 15) is 14.0 Å². The van der Waals surface area contributed by atoms with Crippen LogP contribution in [0.4, 0.5) is 15.8 Å². The van der Waals surface area contributed by atoms with Crippen LogP contribution in [0.25, 0.3) is 21.3 Å². The summed E-state index contributed by atoms with van der Waals surface area (Å²) in [6.07, 6.45) is 2.44. The second-order valence-corrected chi connectivity index (χ2v) is 9.61. The number of hydrogen-bond donors (Lipinski definition) is 2. The lowest BCUT2D eigenvalue weighted by atomic mass is 10.1. The Balaban J connectivity index is 1.24. The highest BCUT2D eigenvalue weighted by molar-refractivity contribution is 7.99. The fraction of sp³-hybridized carbons (Fsp3) is 0.208. The molecule has 0 unspecified atom stereocenters. The molecule has 33 heavy (non-hydrogen) atoms. The van der Waals surface area contributed by atoms with Gasteiger partial charge in [-0.1, -0.05) is 23.9 Å². The Bertz CT molecular complexity index is 1340. The molecule has 2 aromatic heterocycles. The van der Waals surface area contributed by atoms with Gasteiger partial charge < -0.3 is 15.2 Å². The molecular weight excluding hydrogens is 459 g/mol. The molecule has 1 saturated heterocycles. The SMILES string of the molecule is O=C(CSc1nc2scc(-c3ccc(F)cc3)c2c(=O)[nH]1)Nc1ccc(N2CCCC2)cc1. The Morgan fingerprint density at radius 3 is 2.58 bits per heavy atom. The minimum absolute atomic E-state index is 0.124. The van der Waals surface area contributed by atoms with Crippen molar-refractivity contribution in [3.05, 3.63) is 70.1 Å². The van der Waals surface area contributed by atoms with Crippen LogP contribution in [-0.4, -0.2) is 34.7 Å². The monoisotopic (exact) mass is 480 g/mol. The van der Waals surface area contributed by atoms with Gasteiger partial charge in [-0.15, -0.1) is 11.3 Å². The van der Waals surface area contributed by atoms with E-state index in [4.69, 9.17) is 0 Å². The van der Waals surface area contributed by atoms with E-state index in [0.29, 0.717) is 15.4 Å². The number of aromatic amines is 1. The molecule has 2 N–H and O–H groups in total. The Hall–Kier alpha value is -3.17. The number of amides is 1. The van der Waals surface area contributed by atoms with Crippen LogP contribution in [0.1, 0.15) is 12.8 Å². The molecule has 0 spiro atoms. The van der Waals surface area contributed by atoms with Crippen molar-refractivity contribution in [2.75, 3.05) is 29.1 Å². The number of rotatable bonds is 6. The maximum absolute atomic E-state index is 13.2. The number of carbonyl (C=O) groups is 1. The van der Waals surface area contributed by atoms with Crippen molar-refractivity contribution < 1.29 is 9.18 Å². The van der Waals surface area contributed by atoms with E-state index in [0.717, 1.165) is 29.9 Å². The van der Waals surface area contributed by atoms with E-state index >= 15 is 0 Å². The summed E-state index contributed by atoms with van der Waals surface area (Å²) in [5.41, 5.74) is 3.11. The fourth-order valence-corrected chi connectivity index (χ4v) is 5.57. The van der Waals surface area contributed by atoms with Crippen LogP contribution in [-0.2, 0) is 4.79 Å². The fourth-order valence-electron chi connectivity index (χ4n) is 3.90. The van der Waals surface area contributed by atoms with Crippen LogP contribution < -0.4 is 15.8 Å². The smallest absolute Gasteiger partial charge is 0.260 e. The molecule has 3 heterocycles. The molecule has 0 bridgehead atoms. The summed E-state index contributed by atoms with van der Waals surface area (Å²) >= 11 is 2.52. The van der Waals surface area contributed by atoms with Crippen LogP contribution in [0, 0.1) is 5.82 Å². The Morgan fingerprint density at radius 2 is 1.85 bits per heavy atom. The van der Waals surface area contributed by atoms with Gasteiger partial charge in [0.25, 0.3) is 5.56 Å². The molecule has 0 atom stereocenters. The van der Waals surface area contributed by atoms with E-state index < -0.39 is 0 Å². The predicted molar refractivity (Wildman–Crippen MR) is 133 cm³/mol. The van der Waals surface area contributed by atoms with E-state index in [1.54, 1.807) is 12.1 Å². The summed E-state index contributed by atoms with van der Waals surface area (Å²) in [7, 11) is 0. The molecule has 0 saturated carbocycles. The molecule has 1 aliphatic rings. The molecule has 9 heteroatoms. The maximum Gasteiger partial charge on any atom is 0.260 e. The highest BCUT2D eigenvalue weighted by Crippen LogP contribution is 2.31. The Labute approximate surface area is 197 Å². The van der Waals surface area contributed by atoms with Gasteiger partial charge in [0.2, 0.25) is 5.91 Å². The lowest BCUT2D eigenvalue weighted by Gasteiger charge is -2.17. The number of fused-ring (bicyclic) bond motifs is 1. The number of aromatic nitrogens is 2. The predicted octanol–water partition coefficient (Wildman–Crippen LogP) is 5.12. The van der Waals surface area contributed by atoms with E-state index in [1.165, 1.54) is 53.8 Å². The largest absolute Gasteiger partial charge is 0.372 e. The molecule has 1 amide bonds. The van der Waals surface area contributed by atoms with E-state index in [-0.39, 0.29) is 23.0 Å². The molecule has 0 radical (unpaired) electrons. The van der Waals surface area contributed by atoms with Gasteiger partial charge in [0.15, 0.2) is 5.16 Å². The molecule has 1 aliphatic heterocycles. The van der Waals surface area contributed by atoms with Crippen molar-refractivity contribution in [3.8, 4) is 11.1 Å². The highest BCUT2D eigenvalue weighted by Gasteiger charge is 2.15. The normalized spacial score (nSPS) is 13.5. The summed E-state index contributed by atoms with van der Waals surface area (Å²) in [5, 5.41) is 5.59. The van der Waals surface area contributed by atoms with Crippen molar-refractivity contribution in [2.45, 2.75) is 18.0 Å². The average molecular weight is 481 g/mol. The zero-order valence-corrected chi connectivity index (χ0v) is 19.3. The quantitative estimate of drug-likeness (QED) is 0.296. The number of anilines is 2. The summed E-state index contributed by atoms with van der Waals surface area (Å²) in [5.74, 6) is -0.377. The number of nitrogens with zero attached hydrogens (tertiary/aromatic N) is 2. The number of H-pyrrole nitrogens is 1.